The van der Waals surface area contributed by atoms with E-state index in [0.717, 1.165) is 22.6 Å². The molecule has 1 fully saturated rings. The molecule has 0 atom stereocenters. The van der Waals surface area contributed by atoms with Crippen molar-refractivity contribution in [1.82, 2.24) is 9.38 Å². The van der Waals surface area contributed by atoms with Gasteiger partial charge in [0.15, 0.2) is 11.2 Å². The third-order valence-electron chi connectivity index (χ3n) is 3.18. The Kier molecular flexibility index (Phi) is 2.09. The topological polar surface area (TPSA) is 34.4 Å². The van der Waals surface area contributed by atoms with E-state index in [0.29, 0.717) is 5.92 Å². The van der Waals surface area contributed by atoms with Crippen LogP contribution in [0.5, 0.6) is 0 Å². The van der Waals surface area contributed by atoms with E-state index < -0.39 is 0 Å². The van der Waals surface area contributed by atoms with Crippen LogP contribution in [0, 0.1) is 0 Å². The van der Waals surface area contributed by atoms with Crippen molar-refractivity contribution >= 4 is 22.6 Å². The summed E-state index contributed by atoms with van der Waals surface area (Å²) in [5.74, 6) is 0.511. The van der Waals surface area contributed by atoms with E-state index in [1.54, 1.807) is 11.3 Å². The molecule has 0 unspecified atom stereocenters. The van der Waals surface area contributed by atoms with Gasteiger partial charge in [0.25, 0.3) is 0 Å². The molecular formula is C11H12N2OS. The van der Waals surface area contributed by atoms with Gasteiger partial charge in [-0.05, 0) is 12.8 Å². The molecule has 0 bridgehead atoms. The summed E-state index contributed by atoms with van der Waals surface area (Å²) < 4.78 is 1.91. The van der Waals surface area contributed by atoms with Gasteiger partial charge in [-0.3, -0.25) is 9.20 Å². The van der Waals surface area contributed by atoms with E-state index in [4.69, 9.17) is 0 Å². The summed E-state index contributed by atoms with van der Waals surface area (Å²) >= 11 is 1.59. The Balaban J connectivity index is 2.15. The zero-order valence-electron chi connectivity index (χ0n) is 8.35. The van der Waals surface area contributed by atoms with Gasteiger partial charge in [-0.25, -0.2) is 4.98 Å². The summed E-state index contributed by atoms with van der Waals surface area (Å²) in [5, 5.41) is 1.97. The average Bonchev–Trinajstić information content (AvgIpc) is 2.93. The Hall–Kier alpha value is -1.16. The number of aldehydes is 1. The lowest BCUT2D eigenvalue weighted by Crippen LogP contribution is -1.98. The highest BCUT2D eigenvalue weighted by molar-refractivity contribution is 7.15. The maximum atomic E-state index is 11.1. The molecule has 2 aromatic rings. The van der Waals surface area contributed by atoms with E-state index in [1.807, 2.05) is 16.0 Å². The van der Waals surface area contributed by atoms with Crippen LogP contribution in [0.4, 0.5) is 0 Å². The van der Waals surface area contributed by atoms with Gasteiger partial charge in [-0.2, -0.15) is 0 Å². The molecule has 0 amide bonds. The van der Waals surface area contributed by atoms with Gasteiger partial charge in [0.2, 0.25) is 0 Å². The van der Waals surface area contributed by atoms with Crippen LogP contribution in [0.25, 0.3) is 4.96 Å². The summed E-state index contributed by atoms with van der Waals surface area (Å²) in [7, 11) is 0. The smallest absolute Gasteiger partial charge is 0.194 e. The Morgan fingerprint density at radius 3 is 3.00 bits per heavy atom. The summed E-state index contributed by atoms with van der Waals surface area (Å²) in [6, 6.07) is 0. The van der Waals surface area contributed by atoms with Crippen molar-refractivity contribution in [1.29, 1.82) is 0 Å². The van der Waals surface area contributed by atoms with Crippen LogP contribution in [-0.2, 0) is 0 Å². The first kappa shape index (κ1) is 9.09. The van der Waals surface area contributed by atoms with Crippen LogP contribution >= 0.6 is 11.3 Å². The quantitative estimate of drug-likeness (QED) is 0.729. The summed E-state index contributed by atoms with van der Waals surface area (Å²) in [6.45, 7) is 0. The van der Waals surface area contributed by atoms with Gasteiger partial charge in [0, 0.05) is 17.5 Å². The minimum absolute atomic E-state index is 0.511. The number of fused-ring (bicyclic) bond motifs is 1. The van der Waals surface area contributed by atoms with Gasteiger partial charge < -0.3 is 0 Å². The van der Waals surface area contributed by atoms with Crippen LogP contribution in [0.1, 0.15) is 47.8 Å². The molecule has 2 heterocycles. The molecule has 0 aromatic carbocycles. The molecule has 78 valence electrons. The fourth-order valence-corrected chi connectivity index (χ4v) is 3.16. The van der Waals surface area contributed by atoms with Crippen molar-refractivity contribution in [3.8, 4) is 0 Å². The summed E-state index contributed by atoms with van der Waals surface area (Å²) in [6.07, 6.45) is 7.79. The highest BCUT2D eigenvalue weighted by Crippen LogP contribution is 2.35. The lowest BCUT2D eigenvalue weighted by molar-refractivity contribution is 0.111. The fraction of sp³-hybridized carbons (Fsp3) is 0.455. The van der Waals surface area contributed by atoms with Crippen molar-refractivity contribution < 1.29 is 4.79 Å². The van der Waals surface area contributed by atoms with E-state index >= 15 is 0 Å². The predicted molar refractivity (Wildman–Crippen MR) is 59.7 cm³/mol. The Morgan fingerprint density at radius 1 is 1.47 bits per heavy atom. The highest BCUT2D eigenvalue weighted by atomic mass is 32.1. The monoisotopic (exact) mass is 220 g/mol. The van der Waals surface area contributed by atoms with Gasteiger partial charge in [0.05, 0.1) is 5.69 Å². The van der Waals surface area contributed by atoms with Gasteiger partial charge >= 0.3 is 0 Å². The van der Waals surface area contributed by atoms with E-state index in [9.17, 15) is 4.79 Å². The first-order valence-electron chi connectivity index (χ1n) is 5.31. The van der Waals surface area contributed by atoms with Crippen molar-refractivity contribution in [3.63, 3.8) is 0 Å². The van der Waals surface area contributed by atoms with Crippen LogP contribution < -0.4 is 0 Å². The van der Waals surface area contributed by atoms with Crippen LogP contribution in [-0.4, -0.2) is 15.7 Å². The second kappa shape index (κ2) is 3.45. The second-order valence-corrected chi connectivity index (χ2v) is 4.91. The molecule has 3 rings (SSSR count). The average molecular weight is 220 g/mol. The molecule has 0 aliphatic heterocycles. The third-order valence-corrected chi connectivity index (χ3v) is 3.94. The number of aromatic nitrogens is 2. The van der Waals surface area contributed by atoms with Crippen molar-refractivity contribution in [3.05, 3.63) is 23.0 Å². The SMILES string of the molecule is O=Cc1c(C2CCCC2)nc2sccn12. The van der Waals surface area contributed by atoms with Crippen molar-refractivity contribution in [2.24, 2.45) is 0 Å². The molecule has 2 aromatic heterocycles. The van der Waals surface area contributed by atoms with E-state index in [-0.39, 0.29) is 0 Å². The zero-order chi connectivity index (χ0) is 10.3. The minimum Gasteiger partial charge on any atom is -0.296 e. The van der Waals surface area contributed by atoms with Crippen LogP contribution in [0.3, 0.4) is 0 Å². The number of hydrogen-bond donors (Lipinski definition) is 0. The van der Waals surface area contributed by atoms with Gasteiger partial charge in [-0.15, -0.1) is 11.3 Å². The maximum absolute atomic E-state index is 11.1. The summed E-state index contributed by atoms with van der Waals surface area (Å²) in [4.78, 5) is 16.6. The number of carbonyl (C=O) groups excluding carboxylic acids is 1. The third kappa shape index (κ3) is 1.32. The zero-order valence-corrected chi connectivity index (χ0v) is 9.17. The second-order valence-electron chi connectivity index (χ2n) is 4.04. The normalized spacial score (nSPS) is 17.6. The Labute approximate surface area is 91.8 Å². The van der Waals surface area contributed by atoms with E-state index in [1.165, 1.54) is 25.7 Å². The number of thiazole rings is 1. The molecule has 0 radical (unpaired) electrons. The number of imidazole rings is 1. The number of rotatable bonds is 2. The van der Waals surface area contributed by atoms with E-state index in [2.05, 4.69) is 4.98 Å². The molecule has 1 saturated carbocycles. The standard InChI is InChI=1S/C11H12N2OS/c14-7-9-10(8-3-1-2-4-8)12-11-13(9)5-6-15-11/h5-8H,1-4H2. The Morgan fingerprint density at radius 2 is 2.27 bits per heavy atom. The molecule has 15 heavy (non-hydrogen) atoms. The molecule has 0 N–H and O–H groups in total. The molecule has 0 saturated heterocycles. The lowest BCUT2D eigenvalue weighted by atomic mass is 10.0. The molecule has 4 heteroatoms. The lowest BCUT2D eigenvalue weighted by Gasteiger charge is -2.05. The van der Waals surface area contributed by atoms with Crippen molar-refractivity contribution in [2.45, 2.75) is 31.6 Å². The molecule has 1 aliphatic rings. The summed E-state index contributed by atoms with van der Waals surface area (Å²) in [5.41, 5.74) is 1.78. The van der Waals surface area contributed by atoms with Crippen LogP contribution in [0.2, 0.25) is 0 Å². The molecule has 1 aliphatic carbocycles. The van der Waals surface area contributed by atoms with Crippen LogP contribution in [0.15, 0.2) is 11.6 Å². The largest absolute Gasteiger partial charge is 0.296 e. The molecule has 3 nitrogen and oxygen atoms in total. The number of hydrogen-bond acceptors (Lipinski definition) is 3. The van der Waals surface area contributed by atoms with Gasteiger partial charge in [0.1, 0.15) is 5.69 Å². The number of carbonyl (C=O) groups is 1. The first-order valence-corrected chi connectivity index (χ1v) is 6.18. The first-order chi connectivity index (χ1) is 7.40. The number of nitrogens with zero attached hydrogens (tertiary/aromatic N) is 2. The predicted octanol–water partition coefficient (Wildman–Crippen LogP) is 2.87. The van der Waals surface area contributed by atoms with Crippen molar-refractivity contribution in [2.75, 3.05) is 0 Å². The fourth-order valence-electron chi connectivity index (χ4n) is 2.44. The highest BCUT2D eigenvalue weighted by Gasteiger charge is 2.24. The molecular weight excluding hydrogens is 208 g/mol. The minimum atomic E-state index is 0.511. The Bertz CT molecular complexity index is 494. The maximum Gasteiger partial charge on any atom is 0.194 e. The molecule has 0 spiro atoms. The van der Waals surface area contributed by atoms with Gasteiger partial charge in [-0.1, -0.05) is 12.8 Å².